The summed E-state index contributed by atoms with van der Waals surface area (Å²) in [4.78, 5) is 16.5. The normalized spacial score (nSPS) is 25.9. The number of hydrogen-bond donors (Lipinski definition) is 1. The zero-order valence-corrected chi connectivity index (χ0v) is 13.8. The monoisotopic (exact) mass is 297 g/mol. The summed E-state index contributed by atoms with van der Waals surface area (Å²) in [5.74, 6) is 0.487. The van der Waals surface area contributed by atoms with Crippen LogP contribution in [0.5, 0.6) is 0 Å². The van der Waals surface area contributed by atoms with Gasteiger partial charge in [0, 0.05) is 25.7 Å². The van der Waals surface area contributed by atoms with E-state index in [0.29, 0.717) is 18.5 Å². The summed E-state index contributed by atoms with van der Waals surface area (Å²) in [6.07, 6.45) is 4.75. The summed E-state index contributed by atoms with van der Waals surface area (Å²) in [7, 11) is 0. The largest absolute Gasteiger partial charge is 0.444 e. The second-order valence-electron chi connectivity index (χ2n) is 7.37. The number of amides is 1. The molecule has 5 heteroatoms. The molecule has 1 amide bonds. The maximum atomic E-state index is 12.2. The first-order valence-electron chi connectivity index (χ1n) is 8.33. The molecular formula is C16H31N3O2. The maximum Gasteiger partial charge on any atom is 0.410 e. The van der Waals surface area contributed by atoms with Crippen LogP contribution in [0.4, 0.5) is 4.79 Å². The highest BCUT2D eigenvalue weighted by Crippen LogP contribution is 2.26. The van der Waals surface area contributed by atoms with Gasteiger partial charge in [0.15, 0.2) is 0 Å². The highest BCUT2D eigenvalue weighted by atomic mass is 16.6. The summed E-state index contributed by atoms with van der Waals surface area (Å²) < 4.78 is 5.47. The van der Waals surface area contributed by atoms with E-state index in [1.54, 1.807) is 0 Å². The molecule has 2 aliphatic rings. The first-order valence-corrected chi connectivity index (χ1v) is 8.33. The summed E-state index contributed by atoms with van der Waals surface area (Å²) in [5, 5.41) is 0. The fourth-order valence-corrected chi connectivity index (χ4v) is 3.48. The van der Waals surface area contributed by atoms with Crippen LogP contribution in [0.15, 0.2) is 0 Å². The van der Waals surface area contributed by atoms with Gasteiger partial charge in [0.05, 0.1) is 0 Å². The lowest BCUT2D eigenvalue weighted by Gasteiger charge is -2.37. The van der Waals surface area contributed by atoms with Gasteiger partial charge in [0.25, 0.3) is 0 Å². The van der Waals surface area contributed by atoms with E-state index in [2.05, 4.69) is 4.90 Å². The van der Waals surface area contributed by atoms with Crippen LogP contribution in [-0.2, 0) is 4.74 Å². The molecule has 2 saturated heterocycles. The Morgan fingerprint density at radius 1 is 1.24 bits per heavy atom. The lowest BCUT2D eigenvalue weighted by molar-refractivity contribution is 0.0275. The lowest BCUT2D eigenvalue weighted by Crippen LogP contribution is -2.48. The molecule has 0 aromatic carbocycles. The highest BCUT2D eigenvalue weighted by Gasteiger charge is 2.36. The summed E-state index contributed by atoms with van der Waals surface area (Å²) >= 11 is 0. The number of piperidine rings is 1. The molecule has 0 bridgehead atoms. The molecule has 2 N–H and O–H groups in total. The van der Waals surface area contributed by atoms with Crippen LogP contribution in [0.25, 0.3) is 0 Å². The van der Waals surface area contributed by atoms with Crippen LogP contribution in [0, 0.1) is 5.92 Å². The average Bonchev–Trinajstić information content (AvgIpc) is 2.89. The topological polar surface area (TPSA) is 58.8 Å². The predicted molar refractivity (Wildman–Crippen MR) is 84.2 cm³/mol. The molecule has 0 aromatic rings. The van der Waals surface area contributed by atoms with Crippen molar-refractivity contribution in [1.82, 2.24) is 9.80 Å². The molecule has 0 spiro atoms. The third-order valence-electron chi connectivity index (χ3n) is 4.52. The van der Waals surface area contributed by atoms with Crippen molar-refractivity contribution in [2.45, 2.75) is 58.1 Å². The van der Waals surface area contributed by atoms with Gasteiger partial charge in [-0.15, -0.1) is 0 Å². The van der Waals surface area contributed by atoms with Crippen LogP contribution in [0.2, 0.25) is 0 Å². The van der Waals surface area contributed by atoms with Crippen molar-refractivity contribution in [3.05, 3.63) is 0 Å². The Morgan fingerprint density at radius 3 is 2.48 bits per heavy atom. The van der Waals surface area contributed by atoms with E-state index in [9.17, 15) is 4.79 Å². The molecule has 21 heavy (non-hydrogen) atoms. The molecule has 2 aliphatic heterocycles. The van der Waals surface area contributed by atoms with E-state index in [1.165, 1.54) is 19.3 Å². The van der Waals surface area contributed by atoms with Gasteiger partial charge in [-0.2, -0.15) is 0 Å². The molecule has 5 nitrogen and oxygen atoms in total. The fourth-order valence-electron chi connectivity index (χ4n) is 3.48. The van der Waals surface area contributed by atoms with Gasteiger partial charge in [-0.3, -0.25) is 4.90 Å². The Labute approximate surface area is 128 Å². The molecule has 2 fully saturated rings. The molecule has 0 aromatic heterocycles. The Bertz CT molecular complexity index is 348. The summed E-state index contributed by atoms with van der Waals surface area (Å²) in [6.45, 7) is 10.3. The van der Waals surface area contributed by atoms with E-state index >= 15 is 0 Å². The van der Waals surface area contributed by atoms with Crippen LogP contribution < -0.4 is 5.73 Å². The van der Waals surface area contributed by atoms with Gasteiger partial charge in [-0.05, 0) is 59.0 Å². The molecule has 2 rings (SSSR count). The zero-order chi connectivity index (χ0) is 15.5. The van der Waals surface area contributed by atoms with E-state index in [0.717, 1.165) is 32.6 Å². The maximum absolute atomic E-state index is 12.2. The molecule has 0 radical (unpaired) electrons. The van der Waals surface area contributed by atoms with Crippen molar-refractivity contribution >= 4 is 6.09 Å². The minimum Gasteiger partial charge on any atom is -0.444 e. The van der Waals surface area contributed by atoms with Gasteiger partial charge in [0.2, 0.25) is 0 Å². The summed E-state index contributed by atoms with van der Waals surface area (Å²) in [6, 6.07) is 0.415. The Hall–Kier alpha value is -0.810. The van der Waals surface area contributed by atoms with Gasteiger partial charge < -0.3 is 15.4 Å². The smallest absolute Gasteiger partial charge is 0.410 e. The molecule has 2 heterocycles. The highest BCUT2D eigenvalue weighted by molar-refractivity contribution is 5.68. The van der Waals surface area contributed by atoms with Crippen LogP contribution >= 0.6 is 0 Å². The van der Waals surface area contributed by atoms with Crippen molar-refractivity contribution in [3.8, 4) is 0 Å². The second kappa shape index (κ2) is 6.97. The third kappa shape index (κ3) is 4.58. The Kier molecular flexibility index (Phi) is 5.49. The number of hydrogen-bond acceptors (Lipinski definition) is 4. The van der Waals surface area contributed by atoms with E-state index in [1.807, 2.05) is 25.7 Å². The lowest BCUT2D eigenvalue weighted by atomic mass is 9.95. The number of carbonyl (C=O) groups is 1. The van der Waals surface area contributed by atoms with Crippen molar-refractivity contribution < 1.29 is 9.53 Å². The minimum absolute atomic E-state index is 0.181. The first kappa shape index (κ1) is 16.6. The van der Waals surface area contributed by atoms with Crippen molar-refractivity contribution in [3.63, 3.8) is 0 Å². The van der Waals surface area contributed by atoms with Gasteiger partial charge in [-0.1, -0.05) is 6.42 Å². The standard InChI is InChI=1S/C16H31N3O2/c1-16(2,3)21-15(20)19-10-7-13(12-19)14(11-17)18-8-5-4-6-9-18/h13-14H,4-12,17H2,1-3H3. The molecular weight excluding hydrogens is 266 g/mol. The van der Waals surface area contributed by atoms with Crippen molar-refractivity contribution in [1.29, 1.82) is 0 Å². The van der Waals surface area contributed by atoms with Crippen LogP contribution in [-0.4, -0.2) is 60.3 Å². The first-order chi connectivity index (χ1) is 9.90. The number of nitrogens with two attached hydrogens (primary N) is 1. The molecule has 0 saturated carbocycles. The molecule has 2 atom stereocenters. The minimum atomic E-state index is -0.421. The number of ether oxygens (including phenoxy) is 1. The average molecular weight is 297 g/mol. The van der Waals surface area contributed by atoms with Crippen LogP contribution in [0.1, 0.15) is 46.5 Å². The van der Waals surface area contributed by atoms with Gasteiger partial charge >= 0.3 is 6.09 Å². The van der Waals surface area contributed by atoms with Gasteiger partial charge in [-0.25, -0.2) is 4.79 Å². The molecule has 0 aliphatic carbocycles. The summed E-state index contributed by atoms with van der Waals surface area (Å²) in [5.41, 5.74) is 5.61. The van der Waals surface area contributed by atoms with Crippen LogP contribution in [0.3, 0.4) is 0 Å². The number of likely N-dealkylation sites (tertiary alicyclic amines) is 2. The predicted octanol–water partition coefficient (Wildman–Crippen LogP) is 2.06. The number of carbonyl (C=O) groups excluding carboxylic acids is 1. The zero-order valence-electron chi connectivity index (χ0n) is 13.8. The molecule has 122 valence electrons. The van der Waals surface area contributed by atoms with E-state index in [4.69, 9.17) is 10.5 Å². The number of rotatable bonds is 3. The quantitative estimate of drug-likeness (QED) is 0.866. The Balaban J connectivity index is 1.89. The van der Waals surface area contributed by atoms with E-state index < -0.39 is 5.60 Å². The third-order valence-corrected chi connectivity index (χ3v) is 4.52. The van der Waals surface area contributed by atoms with Crippen molar-refractivity contribution in [2.24, 2.45) is 11.7 Å². The fraction of sp³-hybridized carbons (Fsp3) is 0.938. The Morgan fingerprint density at radius 2 is 1.90 bits per heavy atom. The SMILES string of the molecule is CC(C)(C)OC(=O)N1CCC(C(CN)N2CCCCC2)C1. The van der Waals surface area contributed by atoms with Crippen molar-refractivity contribution in [2.75, 3.05) is 32.7 Å². The second-order valence-corrected chi connectivity index (χ2v) is 7.37. The molecule has 2 unspecified atom stereocenters. The van der Waals surface area contributed by atoms with E-state index in [-0.39, 0.29) is 6.09 Å². The number of nitrogens with zero attached hydrogens (tertiary/aromatic N) is 2. The van der Waals surface area contributed by atoms with Gasteiger partial charge in [0.1, 0.15) is 5.60 Å².